The molecule has 0 aliphatic carbocycles. The number of nitrogens with two attached hydrogens (primary N) is 1. The molecule has 2 rings (SSSR count). The van der Waals surface area contributed by atoms with Gasteiger partial charge in [0.1, 0.15) is 10.8 Å². The summed E-state index contributed by atoms with van der Waals surface area (Å²) >= 11 is 3.00. The standard InChI is InChI=1S/C9H12N6S2/c1-15-5-6(4-11-15)17-8-3-7(14-10)12-9(13-8)16-2/h3-5H,10H2,1-2H3,(H,12,13,14). The largest absolute Gasteiger partial charge is 0.308 e. The predicted molar refractivity (Wildman–Crippen MR) is 69.0 cm³/mol. The molecule has 0 fully saturated rings. The van der Waals surface area contributed by atoms with E-state index in [-0.39, 0.29) is 0 Å². The molecule has 0 unspecified atom stereocenters. The van der Waals surface area contributed by atoms with Crippen LogP contribution in [0.1, 0.15) is 0 Å². The van der Waals surface area contributed by atoms with Crippen LogP contribution in [0.5, 0.6) is 0 Å². The Morgan fingerprint density at radius 3 is 2.82 bits per heavy atom. The molecule has 0 aromatic carbocycles. The van der Waals surface area contributed by atoms with E-state index in [9.17, 15) is 0 Å². The molecule has 8 heteroatoms. The van der Waals surface area contributed by atoms with E-state index in [0.717, 1.165) is 9.92 Å². The second-order valence-electron chi connectivity index (χ2n) is 3.17. The van der Waals surface area contributed by atoms with E-state index in [1.807, 2.05) is 19.5 Å². The first-order chi connectivity index (χ1) is 8.21. The van der Waals surface area contributed by atoms with E-state index in [1.54, 1.807) is 16.9 Å². The van der Waals surface area contributed by atoms with E-state index < -0.39 is 0 Å². The maximum atomic E-state index is 5.36. The summed E-state index contributed by atoms with van der Waals surface area (Å²) in [6.07, 6.45) is 5.65. The lowest BCUT2D eigenvalue weighted by molar-refractivity contribution is 0.766. The molecule has 0 radical (unpaired) electrons. The van der Waals surface area contributed by atoms with Crippen molar-refractivity contribution in [2.45, 2.75) is 15.1 Å². The maximum absolute atomic E-state index is 5.36. The van der Waals surface area contributed by atoms with Crippen molar-refractivity contribution in [1.82, 2.24) is 19.7 Å². The fraction of sp³-hybridized carbons (Fsp3) is 0.222. The fourth-order valence-corrected chi connectivity index (χ4v) is 2.48. The first-order valence-corrected chi connectivity index (χ1v) is 6.81. The van der Waals surface area contributed by atoms with Crippen LogP contribution in [0.3, 0.4) is 0 Å². The van der Waals surface area contributed by atoms with E-state index in [4.69, 9.17) is 5.84 Å². The van der Waals surface area contributed by atoms with Crippen LogP contribution in [0, 0.1) is 0 Å². The number of rotatable bonds is 4. The van der Waals surface area contributed by atoms with Crippen LogP contribution in [-0.4, -0.2) is 26.0 Å². The van der Waals surface area contributed by atoms with Gasteiger partial charge in [-0.1, -0.05) is 23.5 Å². The van der Waals surface area contributed by atoms with Gasteiger partial charge < -0.3 is 5.43 Å². The molecule has 2 aromatic heterocycles. The number of nitrogens with zero attached hydrogens (tertiary/aromatic N) is 4. The van der Waals surface area contributed by atoms with E-state index in [2.05, 4.69) is 20.5 Å². The molecule has 0 saturated carbocycles. The number of anilines is 1. The molecule has 17 heavy (non-hydrogen) atoms. The Bertz CT molecular complexity index is 490. The third kappa shape index (κ3) is 3.11. The van der Waals surface area contributed by atoms with Crippen molar-refractivity contribution in [3.63, 3.8) is 0 Å². The summed E-state index contributed by atoms with van der Waals surface area (Å²) in [5.41, 5.74) is 2.53. The second-order valence-corrected chi connectivity index (χ2v) is 5.04. The average Bonchev–Trinajstić information content (AvgIpc) is 2.74. The van der Waals surface area contributed by atoms with Crippen molar-refractivity contribution in [2.24, 2.45) is 12.9 Å². The molecular weight excluding hydrogens is 256 g/mol. The Balaban J connectivity index is 2.25. The van der Waals surface area contributed by atoms with Gasteiger partial charge in [0.2, 0.25) is 0 Å². The highest BCUT2D eigenvalue weighted by Crippen LogP contribution is 2.28. The summed E-state index contributed by atoms with van der Waals surface area (Å²) in [5, 5.41) is 5.63. The minimum atomic E-state index is 0.607. The highest BCUT2D eigenvalue weighted by atomic mass is 32.2. The molecule has 2 aromatic rings. The number of hydrogen-bond acceptors (Lipinski definition) is 7. The Kier molecular flexibility index (Phi) is 3.87. The lowest BCUT2D eigenvalue weighted by Gasteiger charge is -2.04. The Labute approximate surface area is 107 Å². The summed E-state index contributed by atoms with van der Waals surface area (Å²) < 4.78 is 1.75. The van der Waals surface area contributed by atoms with Gasteiger partial charge in [0.25, 0.3) is 0 Å². The zero-order chi connectivity index (χ0) is 12.3. The first-order valence-electron chi connectivity index (χ1n) is 4.77. The summed E-state index contributed by atoms with van der Waals surface area (Å²) in [6, 6.07) is 1.80. The number of thioether (sulfide) groups is 1. The lowest BCUT2D eigenvalue weighted by Crippen LogP contribution is -2.09. The zero-order valence-electron chi connectivity index (χ0n) is 9.41. The van der Waals surface area contributed by atoms with E-state index in [0.29, 0.717) is 11.0 Å². The van der Waals surface area contributed by atoms with Crippen molar-refractivity contribution >= 4 is 29.3 Å². The molecule has 0 bridgehead atoms. The van der Waals surface area contributed by atoms with Gasteiger partial charge in [0, 0.05) is 19.3 Å². The Hall–Kier alpha value is -1.25. The van der Waals surface area contributed by atoms with Crippen molar-refractivity contribution in [2.75, 3.05) is 11.7 Å². The first kappa shape index (κ1) is 12.2. The van der Waals surface area contributed by atoms with Gasteiger partial charge in [-0.15, -0.1) is 0 Å². The molecule has 0 atom stereocenters. The van der Waals surface area contributed by atoms with Gasteiger partial charge in [0.15, 0.2) is 5.16 Å². The van der Waals surface area contributed by atoms with Crippen molar-refractivity contribution in [1.29, 1.82) is 0 Å². The van der Waals surface area contributed by atoms with Crippen LogP contribution in [0.15, 0.2) is 33.5 Å². The molecule has 6 nitrogen and oxygen atoms in total. The molecule has 2 heterocycles. The summed E-state index contributed by atoms with van der Waals surface area (Å²) in [6.45, 7) is 0. The third-order valence-electron chi connectivity index (χ3n) is 1.92. The highest BCUT2D eigenvalue weighted by molar-refractivity contribution is 7.99. The molecule has 3 N–H and O–H groups in total. The number of hydrazine groups is 1. The lowest BCUT2D eigenvalue weighted by atomic mass is 10.6. The predicted octanol–water partition coefficient (Wildman–Crippen LogP) is 1.37. The van der Waals surface area contributed by atoms with Crippen molar-refractivity contribution < 1.29 is 0 Å². The number of hydrogen-bond donors (Lipinski definition) is 2. The minimum Gasteiger partial charge on any atom is -0.308 e. The minimum absolute atomic E-state index is 0.607. The zero-order valence-corrected chi connectivity index (χ0v) is 11.0. The van der Waals surface area contributed by atoms with Crippen LogP contribution >= 0.6 is 23.5 Å². The molecule has 0 spiro atoms. The third-order valence-corrected chi connectivity index (χ3v) is 3.33. The molecular formula is C9H12N6S2. The number of nitrogen functional groups attached to an aromatic ring is 1. The second kappa shape index (κ2) is 5.39. The number of nitrogens with one attached hydrogen (secondary N) is 1. The molecule has 0 saturated heterocycles. The van der Waals surface area contributed by atoms with Crippen LogP contribution in [0.25, 0.3) is 0 Å². The Morgan fingerprint density at radius 1 is 1.41 bits per heavy atom. The monoisotopic (exact) mass is 268 g/mol. The quantitative estimate of drug-likeness (QED) is 0.285. The topological polar surface area (TPSA) is 81.6 Å². The average molecular weight is 268 g/mol. The molecule has 90 valence electrons. The number of aryl methyl sites for hydroxylation is 1. The van der Waals surface area contributed by atoms with Gasteiger partial charge in [-0.2, -0.15) is 5.10 Å². The van der Waals surface area contributed by atoms with Gasteiger partial charge in [0.05, 0.1) is 11.1 Å². The molecule has 0 aliphatic rings. The van der Waals surface area contributed by atoms with Gasteiger partial charge in [-0.25, -0.2) is 15.8 Å². The normalized spacial score (nSPS) is 10.5. The van der Waals surface area contributed by atoms with Crippen LogP contribution in [-0.2, 0) is 7.05 Å². The van der Waals surface area contributed by atoms with E-state index >= 15 is 0 Å². The van der Waals surface area contributed by atoms with Gasteiger partial charge in [-0.05, 0) is 6.26 Å². The Morgan fingerprint density at radius 2 is 2.24 bits per heavy atom. The fourth-order valence-electron chi connectivity index (χ4n) is 1.19. The smallest absolute Gasteiger partial charge is 0.190 e. The van der Waals surface area contributed by atoms with E-state index in [1.165, 1.54) is 23.5 Å². The SMILES string of the molecule is CSc1nc(NN)cc(Sc2cnn(C)c2)n1. The van der Waals surface area contributed by atoms with Gasteiger partial charge >= 0.3 is 0 Å². The van der Waals surface area contributed by atoms with Crippen LogP contribution in [0.2, 0.25) is 0 Å². The van der Waals surface area contributed by atoms with Crippen molar-refractivity contribution in [3.05, 3.63) is 18.5 Å². The summed E-state index contributed by atoms with van der Waals surface area (Å²) in [4.78, 5) is 9.61. The highest BCUT2D eigenvalue weighted by Gasteiger charge is 2.06. The van der Waals surface area contributed by atoms with Crippen LogP contribution < -0.4 is 11.3 Å². The molecule has 0 amide bonds. The van der Waals surface area contributed by atoms with Gasteiger partial charge in [-0.3, -0.25) is 4.68 Å². The summed E-state index contributed by atoms with van der Waals surface area (Å²) in [5.74, 6) is 5.97. The number of aromatic nitrogens is 4. The summed E-state index contributed by atoms with van der Waals surface area (Å²) in [7, 11) is 1.88. The molecule has 0 aliphatic heterocycles. The van der Waals surface area contributed by atoms with Crippen molar-refractivity contribution in [3.8, 4) is 0 Å². The van der Waals surface area contributed by atoms with Crippen LogP contribution in [0.4, 0.5) is 5.82 Å². The maximum Gasteiger partial charge on any atom is 0.190 e.